The van der Waals surface area contributed by atoms with E-state index in [9.17, 15) is 8.42 Å². The maximum absolute atomic E-state index is 12.0. The van der Waals surface area contributed by atoms with Gasteiger partial charge in [-0.25, -0.2) is 13.1 Å². The van der Waals surface area contributed by atoms with Gasteiger partial charge in [0.15, 0.2) is 0 Å². The minimum Gasteiger partial charge on any atom is -0.396 e. The first kappa shape index (κ1) is 15.6. The average molecular weight is 291 g/mol. The largest absolute Gasteiger partial charge is 0.396 e. The van der Waals surface area contributed by atoms with E-state index in [2.05, 4.69) is 4.72 Å². The van der Waals surface area contributed by atoms with E-state index in [4.69, 9.17) is 5.11 Å². The van der Waals surface area contributed by atoms with E-state index in [0.717, 1.165) is 11.3 Å². The topological polar surface area (TPSA) is 66.4 Å². The quantitative estimate of drug-likeness (QED) is 0.809. The molecule has 0 fully saturated rings. The summed E-state index contributed by atoms with van der Waals surface area (Å²) in [6.07, 6.45) is 1.47. The second-order valence-electron chi connectivity index (χ2n) is 5.18. The van der Waals surface area contributed by atoms with Crippen LogP contribution in [0.1, 0.15) is 31.6 Å². The van der Waals surface area contributed by atoms with Gasteiger partial charge in [-0.1, -0.05) is 13.8 Å². The Hall–Kier alpha value is -0.430. The van der Waals surface area contributed by atoms with Gasteiger partial charge >= 0.3 is 0 Å². The zero-order valence-corrected chi connectivity index (χ0v) is 12.7. The smallest absolute Gasteiger partial charge is 0.250 e. The third-order valence-corrected chi connectivity index (χ3v) is 5.63. The lowest BCUT2D eigenvalue weighted by Gasteiger charge is -2.24. The van der Waals surface area contributed by atoms with E-state index in [1.54, 1.807) is 12.1 Å². The molecule has 0 amide bonds. The van der Waals surface area contributed by atoms with Crippen LogP contribution in [0.4, 0.5) is 0 Å². The first-order valence-corrected chi connectivity index (χ1v) is 8.24. The molecule has 1 aromatic rings. The van der Waals surface area contributed by atoms with Gasteiger partial charge in [0.2, 0.25) is 10.0 Å². The van der Waals surface area contributed by atoms with Crippen LogP contribution >= 0.6 is 11.3 Å². The van der Waals surface area contributed by atoms with Crippen LogP contribution in [0.25, 0.3) is 0 Å². The van der Waals surface area contributed by atoms with Crippen LogP contribution in [-0.4, -0.2) is 26.7 Å². The second kappa shape index (κ2) is 6.14. The summed E-state index contributed by atoms with van der Waals surface area (Å²) in [5.74, 6) is 0. The van der Waals surface area contributed by atoms with Gasteiger partial charge in [0.25, 0.3) is 0 Å². The molecule has 2 N–H and O–H groups in total. The molecule has 4 nitrogen and oxygen atoms in total. The standard InChI is InChI=1S/C12H21NO3S2/c1-10-5-6-11(17-10)18(15,16)13-9-12(2,3)7-4-8-14/h5-6,13-14H,4,7-9H2,1-3H3. The highest BCUT2D eigenvalue weighted by atomic mass is 32.2. The van der Waals surface area contributed by atoms with Crippen LogP contribution in [0.5, 0.6) is 0 Å². The van der Waals surface area contributed by atoms with Crippen molar-refractivity contribution in [1.29, 1.82) is 0 Å². The Bertz CT molecular complexity index is 477. The Labute approximate surface area is 113 Å². The number of sulfonamides is 1. The summed E-state index contributed by atoms with van der Waals surface area (Å²) in [7, 11) is -3.39. The van der Waals surface area contributed by atoms with E-state index in [1.807, 2.05) is 20.8 Å². The fourth-order valence-electron chi connectivity index (χ4n) is 1.56. The molecule has 1 rings (SSSR count). The van der Waals surface area contributed by atoms with Crippen molar-refractivity contribution in [3.8, 4) is 0 Å². The molecule has 1 heterocycles. The lowest BCUT2D eigenvalue weighted by atomic mass is 9.88. The molecule has 0 aliphatic heterocycles. The maximum atomic E-state index is 12.0. The van der Waals surface area contributed by atoms with Crippen molar-refractivity contribution in [3.63, 3.8) is 0 Å². The molecule has 0 saturated heterocycles. The Kier molecular flexibility index (Phi) is 5.33. The fraction of sp³-hybridized carbons (Fsp3) is 0.667. The molecule has 0 aromatic carbocycles. The second-order valence-corrected chi connectivity index (χ2v) is 8.46. The van der Waals surface area contributed by atoms with Crippen molar-refractivity contribution in [3.05, 3.63) is 17.0 Å². The highest BCUT2D eigenvalue weighted by molar-refractivity contribution is 7.91. The Morgan fingerprint density at radius 2 is 2.06 bits per heavy atom. The summed E-state index contributed by atoms with van der Waals surface area (Å²) >= 11 is 1.27. The summed E-state index contributed by atoms with van der Waals surface area (Å²) in [5, 5.41) is 8.80. The van der Waals surface area contributed by atoms with Crippen molar-refractivity contribution in [2.45, 2.75) is 37.8 Å². The van der Waals surface area contributed by atoms with Gasteiger partial charge in [-0.15, -0.1) is 11.3 Å². The summed E-state index contributed by atoms with van der Waals surface area (Å²) in [4.78, 5) is 0.981. The number of nitrogens with one attached hydrogen (secondary N) is 1. The van der Waals surface area contributed by atoms with Crippen LogP contribution in [0.2, 0.25) is 0 Å². The van der Waals surface area contributed by atoms with Gasteiger partial charge in [-0.2, -0.15) is 0 Å². The summed E-state index contributed by atoms with van der Waals surface area (Å²) in [6, 6.07) is 3.43. The number of hydrogen-bond acceptors (Lipinski definition) is 4. The molecule has 0 aliphatic carbocycles. The zero-order valence-electron chi connectivity index (χ0n) is 11.1. The van der Waals surface area contributed by atoms with E-state index < -0.39 is 10.0 Å². The Balaban J connectivity index is 2.62. The van der Waals surface area contributed by atoms with E-state index >= 15 is 0 Å². The number of thiophene rings is 1. The van der Waals surface area contributed by atoms with Crippen LogP contribution in [0, 0.1) is 12.3 Å². The van der Waals surface area contributed by atoms with Crippen LogP contribution in [-0.2, 0) is 10.0 Å². The van der Waals surface area contributed by atoms with Gasteiger partial charge in [0, 0.05) is 18.0 Å². The average Bonchev–Trinajstić information content (AvgIpc) is 2.72. The van der Waals surface area contributed by atoms with Crippen LogP contribution in [0.3, 0.4) is 0 Å². The number of hydrogen-bond donors (Lipinski definition) is 2. The van der Waals surface area contributed by atoms with Gasteiger partial charge < -0.3 is 5.11 Å². The fourth-order valence-corrected chi connectivity index (χ4v) is 4.13. The van der Waals surface area contributed by atoms with Crippen LogP contribution in [0.15, 0.2) is 16.3 Å². The normalized spacial score (nSPS) is 12.9. The van der Waals surface area contributed by atoms with Crippen molar-refractivity contribution in [2.24, 2.45) is 5.41 Å². The monoisotopic (exact) mass is 291 g/mol. The first-order chi connectivity index (χ1) is 8.27. The van der Waals surface area contributed by atoms with Gasteiger partial charge in [-0.3, -0.25) is 0 Å². The molecule has 0 atom stereocenters. The van der Waals surface area contributed by atoms with Crippen LogP contribution < -0.4 is 4.72 Å². The zero-order chi connectivity index (χ0) is 13.8. The molecular weight excluding hydrogens is 270 g/mol. The first-order valence-electron chi connectivity index (χ1n) is 5.94. The molecular formula is C12H21NO3S2. The molecule has 0 spiro atoms. The van der Waals surface area contributed by atoms with Crippen molar-refractivity contribution >= 4 is 21.4 Å². The summed E-state index contributed by atoms with van der Waals surface area (Å²) < 4.78 is 27.0. The molecule has 18 heavy (non-hydrogen) atoms. The molecule has 0 aliphatic rings. The summed E-state index contributed by atoms with van der Waals surface area (Å²) in [6.45, 7) is 6.39. The lowest BCUT2D eigenvalue weighted by molar-refractivity contribution is 0.242. The molecule has 0 radical (unpaired) electrons. The Morgan fingerprint density at radius 3 is 2.56 bits per heavy atom. The molecule has 6 heteroatoms. The molecule has 104 valence electrons. The number of aryl methyl sites for hydroxylation is 1. The third kappa shape index (κ3) is 4.68. The van der Waals surface area contributed by atoms with E-state index in [1.165, 1.54) is 11.3 Å². The number of rotatable bonds is 7. The van der Waals surface area contributed by atoms with E-state index in [-0.39, 0.29) is 12.0 Å². The number of aliphatic hydroxyl groups excluding tert-OH is 1. The minimum absolute atomic E-state index is 0.139. The van der Waals surface area contributed by atoms with Gasteiger partial charge in [0.1, 0.15) is 4.21 Å². The maximum Gasteiger partial charge on any atom is 0.250 e. The highest BCUT2D eigenvalue weighted by Gasteiger charge is 2.22. The molecule has 0 unspecified atom stereocenters. The van der Waals surface area contributed by atoms with Crippen molar-refractivity contribution in [2.75, 3.05) is 13.2 Å². The van der Waals surface area contributed by atoms with Gasteiger partial charge in [0.05, 0.1) is 0 Å². The third-order valence-electron chi connectivity index (χ3n) is 2.73. The Morgan fingerprint density at radius 1 is 1.39 bits per heavy atom. The highest BCUT2D eigenvalue weighted by Crippen LogP contribution is 2.24. The molecule has 1 aromatic heterocycles. The molecule has 0 saturated carbocycles. The minimum atomic E-state index is -3.39. The van der Waals surface area contributed by atoms with Gasteiger partial charge in [-0.05, 0) is 37.3 Å². The number of aliphatic hydroxyl groups is 1. The predicted molar refractivity (Wildman–Crippen MR) is 74.3 cm³/mol. The van der Waals surface area contributed by atoms with E-state index in [0.29, 0.717) is 17.2 Å². The lowest BCUT2D eigenvalue weighted by Crippen LogP contribution is -2.33. The SMILES string of the molecule is Cc1ccc(S(=O)(=O)NCC(C)(C)CCCO)s1. The van der Waals surface area contributed by atoms with Crippen molar-refractivity contribution < 1.29 is 13.5 Å². The molecule has 0 bridgehead atoms. The predicted octanol–water partition coefficient (Wildman–Crippen LogP) is 2.13. The summed E-state index contributed by atoms with van der Waals surface area (Å²) in [5.41, 5.74) is -0.151. The van der Waals surface area contributed by atoms with Crippen molar-refractivity contribution in [1.82, 2.24) is 4.72 Å².